The molecule has 1 saturated carbocycles. The van der Waals surface area contributed by atoms with Gasteiger partial charge < -0.3 is 15.8 Å². The van der Waals surface area contributed by atoms with Crippen molar-refractivity contribution in [3.8, 4) is 5.75 Å². The lowest BCUT2D eigenvalue weighted by atomic mass is 9.85. The van der Waals surface area contributed by atoms with Crippen molar-refractivity contribution in [1.82, 2.24) is 5.32 Å². The van der Waals surface area contributed by atoms with Crippen LogP contribution < -0.4 is 15.8 Å². The Labute approximate surface area is 101 Å². The Bertz CT molecular complexity index is 414. The number of rotatable bonds is 4. The van der Waals surface area contributed by atoms with Gasteiger partial charge in [-0.3, -0.25) is 4.79 Å². The quantitative estimate of drug-likeness (QED) is 0.779. The summed E-state index contributed by atoms with van der Waals surface area (Å²) in [6.07, 6.45) is 3.19. The lowest BCUT2D eigenvalue weighted by Crippen LogP contribution is -2.34. The Kier molecular flexibility index (Phi) is 3.52. The van der Waals surface area contributed by atoms with Crippen LogP contribution >= 0.6 is 0 Å². The van der Waals surface area contributed by atoms with Crippen LogP contribution in [-0.2, 0) is 11.3 Å². The van der Waals surface area contributed by atoms with E-state index in [0.29, 0.717) is 12.2 Å². The Balaban J connectivity index is 1.97. The molecule has 3 N–H and O–H groups in total. The zero-order chi connectivity index (χ0) is 12.3. The average Bonchev–Trinajstić information content (AvgIpc) is 2.24. The molecule has 1 aromatic rings. The van der Waals surface area contributed by atoms with Crippen LogP contribution in [0.5, 0.6) is 5.75 Å². The summed E-state index contributed by atoms with van der Waals surface area (Å²) in [5, 5.41) is 2.93. The van der Waals surface area contributed by atoms with Gasteiger partial charge in [0.1, 0.15) is 5.75 Å². The maximum absolute atomic E-state index is 11.7. The van der Waals surface area contributed by atoms with Crippen LogP contribution in [0.3, 0.4) is 0 Å². The van der Waals surface area contributed by atoms with Gasteiger partial charge in [-0.1, -0.05) is 6.42 Å². The summed E-state index contributed by atoms with van der Waals surface area (Å²) >= 11 is 0. The van der Waals surface area contributed by atoms with E-state index in [2.05, 4.69) is 5.32 Å². The number of nitrogens with one attached hydrogen (secondary N) is 1. The van der Waals surface area contributed by atoms with E-state index in [1.54, 1.807) is 13.2 Å². The Morgan fingerprint density at radius 2 is 2.29 bits per heavy atom. The van der Waals surface area contributed by atoms with Crippen LogP contribution in [0.4, 0.5) is 5.69 Å². The minimum absolute atomic E-state index is 0.140. The topological polar surface area (TPSA) is 64.3 Å². The molecule has 17 heavy (non-hydrogen) atoms. The summed E-state index contributed by atoms with van der Waals surface area (Å²) in [6, 6.07) is 5.44. The number of ether oxygens (including phenoxy) is 1. The number of hydrogen-bond donors (Lipinski definition) is 2. The van der Waals surface area contributed by atoms with Gasteiger partial charge >= 0.3 is 0 Å². The molecule has 4 heteroatoms. The van der Waals surface area contributed by atoms with E-state index < -0.39 is 0 Å². The molecule has 0 atom stereocenters. The van der Waals surface area contributed by atoms with Crippen LogP contribution in [0.1, 0.15) is 24.8 Å². The fourth-order valence-electron chi connectivity index (χ4n) is 1.93. The second-order valence-electron chi connectivity index (χ2n) is 4.42. The Morgan fingerprint density at radius 3 is 2.88 bits per heavy atom. The van der Waals surface area contributed by atoms with Gasteiger partial charge in [0.25, 0.3) is 0 Å². The van der Waals surface area contributed by atoms with Crippen LogP contribution in [-0.4, -0.2) is 13.0 Å². The van der Waals surface area contributed by atoms with Gasteiger partial charge in [0.15, 0.2) is 0 Å². The van der Waals surface area contributed by atoms with Crippen molar-refractivity contribution in [3.63, 3.8) is 0 Å². The molecule has 4 nitrogen and oxygen atoms in total. The highest BCUT2D eigenvalue weighted by Crippen LogP contribution is 2.27. The first-order chi connectivity index (χ1) is 8.20. The number of nitrogens with two attached hydrogens (primary N) is 1. The summed E-state index contributed by atoms with van der Waals surface area (Å²) in [4.78, 5) is 11.7. The van der Waals surface area contributed by atoms with E-state index in [9.17, 15) is 4.79 Å². The molecule has 92 valence electrons. The number of carbonyl (C=O) groups is 1. The molecule has 1 amide bonds. The van der Waals surface area contributed by atoms with Crippen molar-refractivity contribution in [2.75, 3.05) is 12.8 Å². The molecule has 0 aromatic heterocycles. The predicted molar refractivity (Wildman–Crippen MR) is 66.6 cm³/mol. The van der Waals surface area contributed by atoms with Crippen molar-refractivity contribution < 1.29 is 9.53 Å². The first-order valence-electron chi connectivity index (χ1n) is 5.91. The monoisotopic (exact) mass is 234 g/mol. The van der Waals surface area contributed by atoms with Crippen LogP contribution in [0, 0.1) is 5.92 Å². The van der Waals surface area contributed by atoms with Crippen LogP contribution in [0.25, 0.3) is 0 Å². The molecule has 1 aliphatic rings. The fourth-order valence-corrected chi connectivity index (χ4v) is 1.93. The van der Waals surface area contributed by atoms with E-state index in [4.69, 9.17) is 10.5 Å². The normalized spacial score (nSPS) is 15.1. The highest BCUT2D eigenvalue weighted by Gasteiger charge is 2.24. The minimum atomic E-state index is 0.140. The number of hydrogen-bond acceptors (Lipinski definition) is 3. The SMILES string of the molecule is COc1ccc(N)cc1CNC(=O)C1CCC1. The third-order valence-electron chi connectivity index (χ3n) is 3.23. The molecule has 0 aliphatic heterocycles. The summed E-state index contributed by atoms with van der Waals surface area (Å²) in [5.74, 6) is 1.11. The van der Waals surface area contributed by atoms with Crippen molar-refractivity contribution in [3.05, 3.63) is 23.8 Å². The second kappa shape index (κ2) is 5.08. The largest absolute Gasteiger partial charge is 0.496 e. The molecule has 0 bridgehead atoms. The van der Waals surface area contributed by atoms with Crippen LogP contribution in [0.2, 0.25) is 0 Å². The molecule has 1 aliphatic carbocycles. The number of amides is 1. The molecular formula is C13H18N2O2. The third-order valence-corrected chi connectivity index (χ3v) is 3.23. The second-order valence-corrected chi connectivity index (χ2v) is 4.42. The van der Waals surface area contributed by atoms with Gasteiger partial charge in [0.2, 0.25) is 5.91 Å². The summed E-state index contributed by atoms with van der Waals surface area (Å²) < 4.78 is 5.23. The van der Waals surface area contributed by atoms with E-state index >= 15 is 0 Å². The maximum atomic E-state index is 11.7. The van der Waals surface area contributed by atoms with E-state index in [-0.39, 0.29) is 11.8 Å². The van der Waals surface area contributed by atoms with Crippen molar-refractivity contribution in [2.45, 2.75) is 25.8 Å². The zero-order valence-corrected chi connectivity index (χ0v) is 10.0. The first kappa shape index (κ1) is 11.8. The number of nitrogen functional groups attached to an aromatic ring is 1. The molecule has 1 fully saturated rings. The van der Waals surface area contributed by atoms with Gasteiger partial charge in [-0.05, 0) is 31.0 Å². The van der Waals surface area contributed by atoms with Gasteiger partial charge in [0, 0.05) is 23.7 Å². The van der Waals surface area contributed by atoms with E-state index in [0.717, 1.165) is 24.2 Å². The lowest BCUT2D eigenvalue weighted by molar-refractivity contribution is -0.127. The Morgan fingerprint density at radius 1 is 1.53 bits per heavy atom. The van der Waals surface area contributed by atoms with Crippen molar-refractivity contribution in [2.24, 2.45) is 5.92 Å². The number of benzene rings is 1. The molecule has 0 unspecified atom stereocenters. The Hall–Kier alpha value is -1.71. The molecule has 0 radical (unpaired) electrons. The first-order valence-corrected chi connectivity index (χ1v) is 5.91. The zero-order valence-electron chi connectivity index (χ0n) is 10.0. The molecule has 0 saturated heterocycles. The highest BCUT2D eigenvalue weighted by molar-refractivity contribution is 5.79. The summed E-state index contributed by atoms with van der Waals surface area (Å²) in [6.45, 7) is 0.476. The van der Waals surface area contributed by atoms with Gasteiger partial charge in [-0.25, -0.2) is 0 Å². The smallest absolute Gasteiger partial charge is 0.223 e. The number of carbonyl (C=O) groups excluding carboxylic acids is 1. The van der Waals surface area contributed by atoms with Crippen LogP contribution in [0.15, 0.2) is 18.2 Å². The van der Waals surface area contributed by atoms with Gasteiger partial charge in [0.05, 0.1) is 7.11 Å². The number of methoxy groups -OCH3 is 1. The molecular weight excluding hydrogens is 216 g/mol. The van der Waals surface area contributed by atoms with Crippen molar-refractivity contribution >= 4 is 11.6 Å². The number of anilines is 1. The summed E-state index contributed by atoms with van der Waals surface area (Å²) in [7, 11) is 1.61. The maximum Gasteiger partial charge on any atom is 0.223 e. The molecule has 0 spiro atoms. The van der Waals surface area contributed by atoms with Gasteiger partial charge in [-0.15, -0.1) is 0 Å². The fraction of sp³-hybridized carbons (Fsp3) is 0.462. The average molecular weight is 234 g/mol. The highest BCUT2D eigenvalue weighted by atomic mass is 16.5. The van der Waals surface area contributed by atoms with E-state index in [1.807, 2.05) is 12.1 Å². The predicted octanol–water partition coefficient (Wildman–Crippen LogP) is 1.69. The lowest BCUT2D eigenvalue weighted by Gasteiger charge is -2.24. The van der Waals surface area contributed by atoms with E-state index in [1.165, 1.54) is 6.42 Å². The van der Waals surface area contributed by atoms with Gasteiger partial charge in [-0.2, -0.15) is 0 Å². The third kappa shape index (κ3) is 2.70. The van der Waals surface area contributed by atoms with Crippen molar-refractivity contribution in [1.29, 1.82) is 0 Å². The minimum Gasteiger partial charge on any atom is -0.496 e. The standard InChI is InChI=1S/C13H18N2O2/c1-17-12-6-5-11(14)7-10(12)8-15-13(16)9-3-2-4-9/h5-7,9H,2-4,8,14H2,1H3,(H,15,16). The molecule has 1 aromatic carbocycles. The summed E-state index contributed by atoms with van der Waals surface area (Å²) in [5.41, 5.74) is 7.31. The molecule has 0 heterocycles. The molecule has 2 rings (SSSR count).